The molecule has 1 amide bonds. The van der Waals surface area contributed by atoms with Gasteiger partial charge >= 0.3 is 12.4 Å². The number of hydrogen-bond acceptors (Lipinski definition) is 4. The van der Waals surface area contributed by atoms with Crippen molar-refractivity contribution < 1.29 is 40.6 Å². The zero-order chi connectivity index (χ0) is 19.3. The minimum Gasteiger partial charge on any atom is -0.467 e. The van der Waals surface area contributed by atoms with Crippen molar-refractivity contribution in [1.29, 1.82) is 0 Å². The van der Waals surface area contributed by atoms with E-state index in [1.165, 1.54) is 6.92 Å². The molecule has 1 atom stereocenters. The van der Waals surface area contributed by atoms with Gasteiger partial charge < -0.3 is 14.8 Å². The van der Waals surface area contributed by atoms with Crippen LogP contribution in [0.25, 0.3) is 0 Å². The van der Waals surface area contributed by atoms with Crippen LogP contribution in [0.3, 0.4) is 0 Å². The summed E-state index contributed by atoms with van der Waals surface area (Å²) in [6, 6.07) is 0.272. The molecule has 142 valence electrons. The highest BCUT2D eigenvalue weighted by Gasteiger charge is 2.29. The number of alkyl halides is 6. The quantitative estimate of drug-likeness (QED) is 0.720. The first-order chi connectivity index (χ1) is 11.4. The number of carbonyl (C=O) groups excluding carboxylic acids is 1. The highest BCUT2D eigenvalue weighted by atomic mass is 35.5. The average Bonchev–Trinajstić information content (AvgIpc) is 2.43. The highest BCUT2D eigenvalue weighted by molar-refractivity contribution is 6.32. The van der Waals surface area contributed by atoms with E-state index in [4.69, 9.17) is 11.6 Å². The fourth-order valence-corrected chi connectivity index (χ4v) is 1.73. The van der Waals surface area contributed by atoms with E-state index >= 15 is 0 Å². The zero-order valence-electron chi connectivity index (χ0n) is 12.7. The Labute approximate surface area is 143 Å². The summed E-state index contributed by atoms with van der Waals surface area (Å²) in [5, 5.41) is 2.01. The molecular weight excluding hydrogens is 382 g/mol. The Morgan fingerprint density at radius 2 is 1.84 bits per heavy atom. The first-order valence-corrected chi connectivity index (χ1v) is 7.05. The Hall–Kier alpha value is -1.75. The third-order valence-electron chi connectivity index (χ3n) is 2.45. The molecule has 12 heteroatoms. The first kappa shape index (κ1) is 21.3. The molecule has 0 bridgehead atoms. The van der Waals surface area contributed by atoms with Crippen LogP contribution in [0.15, 0.2) is 12.3 Å². The van der Waals surface area contributed by atoms with Gasteiger partial charge in [0.05, 0.1) is 12.2 Å². The van der Waals surface area contributed by atoms with Gasteiger partial charge in [0.15, 0.2) is 6.61 Å². The Bertz CT molecular complexity index is 594. The fraction of sp³-hybridized carbons (Fsp3) is 0.538. The number of aromatic nitrogens is 1. The lowest BCUT2D eigenvalue weighted by molar-refractivity contribution is -0.174. The third kappa shape index (κ3) is 8.77. The maximum Gasteiger partial charge on any atom is 0.422 e. The lowest BCUT2D eigenvalue weighted by Gasteiger charge is -2.15. The van der Waals surface area contributed by atoms with Crippen molar-refractivity contribution in [2.45, 2.75) is 25.3 Å². The second kappa shape index (κ2) is 8.56. The van der Waals surface area contributed by atoms with Crippen LogP contribution in [0.4, 0.5) is 26.3 Å². The van der Waals surface area contributed by atoms with Gasteiger partial charge in [-0.05, 0) is 13.0 Å². The molecule has 1 N–H and O–H groups in total. The highest BCUT2D eigenvalue weighted by Crippen LogP contribution is 2.25. The van der Waals surface area contributed by atoms with E-state index in [2.05, 4.69) is 19.8 Å². The predicted molar refractivity (Wildman–Crippen MR) is 74.6 cm³/mol. The van der Waals surface area contributed by atoms with Crippen molar-refractivity contribution in [3.63, 3.8) is 0 Å². The Balaban J connectivity index is 2.57. The summed E-state index contributed by atoms with van der Waals surface area (Å²) in [6.07, 6.45) is -8.13. The fourth-order valence-electron chi connectivity index (χ4n) is 1.51. The molecule has 0 saturated heterocycles. The molecule has 0 saturated carbocycles. The second-order valence-corrected chi connectivity index (χ2v) is 5.33. The summed E-state index contributed by atoms with van der Waals surface area (Å²) in [6.45, 7) is -2.03. The Morgan fingerprint density at radius 3 is 2.36 bits per heavy atom. The molecule has 0 aliphatic carbocycles. The van der Waals surface area contributed by atoms with Crippen LogP contribution in [0.2, 0.25) is 5.02 Å². The molecule has 0 spiro atoms. The van der Waals surface area contributed by atoms with E-state index in [0.717, 1.165) is 12.3 Å². The second-order valence-electron chi connectivity index (χ2n) is 4.92. The number of amides is 1. The SMILES string of the molecule is CC(COCC(F)(F)F)NC(=O)c1cnc(OCC(F)(F)F)c(Cl)c1. The molecule has 5 nitrogen and oxygen atoms in total. The van der Waals surface area contributed by atoms with Crippen molar-refractivity contribution >= 4 is 17.5 Å². The van der Waals surface area contributed by atoms with Crippen LogP contribution in [0, 0.1) is 0 Å². The van der Waals surface area contributed by atoms with Crippen LogP contribution in [-0.4, -0.2) is 49.1 Å². The van der Waals surface area contributed by atoms with Crippen molar-refractivity contribution in [3.8, 4) is 5.88 Å². The van der Waals surface area contributed by atoms with E-state index < -0.39 is 43.4 Å². The van der Waals surface area contributed by atoms with Gasteiger partial charge in [0.25, 0.3) is 5.91 Å². The van der Waals surface area contributed by atoms with Crippen molar-refractivity contribution in [3.05, 3.63) is 22.8 Å². The largest absolute Gasteiger partial charge is 0.467 e. The molecule has 0 radical (unpaired) electrons. The number of nitrogens with one attached hydrogen (secondary N) is 1. The van der Waals surface area contributed by atoms with Gasteiger partial charge in [-0.25, -0.2) is 4.98 Å². The van der Waals surface area contributed by atoms with E-state index in [1.807, 2.05) is 0 Å². The van der Waals surface area contributed by atoms with E-state index in [0.29, 0.717) is 0 Å². The summed E-state index contributed by atoms with van der Waals surface area (Å²) >= 11 is 5.69. The van der Waals surface area contributed by atoms with E-state index in [1.54, 1.807) is 0 Å². The first-order valence-electron chi connectivity index (χ1n) is 6.68. The minimum atomic E-state index is -4.58. The number of rotatable bonds is 7. The number of pyridine rings is 1. The lowest BCUT2D eigenvalue weighted by Crippen LogP contribution is -2.36. The normalized spacial score (nSPS) is 13.4. The Kier molecular flexibility index (Phi) is 7.29. The van der Waals surface area contributed by atoms with Gasteiger partial charge in [-0.15, -0.1) is 0 Å². The number of hydrogen-bond donors (Lipinski definition) is 1. The van der Waals surface area contributed by atoms with Gasteiger partial charge in [0.2, 0.25) is 5.88 Å². The molecular formula is C13H13ClF6N2O3. The summed E-state index contributed by atoms with van der Waals surface area (Å²) in [5.74, 6) is -1.24. The van der Waals surface area contributed by atoms with Crippen molar-refractivity contribution in [2.24, 2.45) is 0 Å². The smallest absolute Gasteiger partial charge is 0.422 e. The summed E-state index contributed by atoms with van der Waals surface area (Å²) < 4.78 is 80.7. The molecule has 0 aliphatic rings. The summed E-state index contributed by atoms with van der Waals surface area (Å²) in [4.78, 5) is 15.4. The number of nitrogens with zero attached hydrogens (tertiary/aromatic N) is 1. The van der Waals surface area contributed by atoms with Crippen LogP contribution in [0.1, 0.15) is 17.3 Å². The monoisotopic (exact) mass is 394 g/mol. The molecule has 1 rings (SSSR count). The maximum atomic E-state index is 12.1. The van der Waals surface area contributed by atoms with Gasteiger partial charge in [-0.3, -0.25) is 4.79 Å². The molecule has 1 heterocycles. The molecule has 1 aromatic rings. The summed E-state index contributed by atoms with van der Waals surface area (Å²) in [7, 11) is 0. The van der Waals surface area contributed by atoms with Crippen molar-refractivity contribution in [1.82, 2.24) is 10.3 Å². The number of halogens is 7. The zero-order valence-corrected chi connectivity index (χ0v) is 13.4. The van der Waals surface area contributed by atoms with Gasteiger partial charge in [-0.1, -0.05) is 11.6 Å². The topological polar surface area (TPSA) is 60.5 Å². The van der Waals surface area contributed by atoms with Crippen LogP contribution < -0.4 is 10.1 Å². The minimum absolute atomic E-state index is 0.105. The van der Waals surface area contributed by atoms with E-state index in [-0.39, 0.29) is 17.2 Å². The molecule has 0 aromatic carbocycles. The lowest BCUT2D eigenvalue weighted by atomic mass is 10.2. The average molecular weight is 395 g/mol. The molecule has 25 heavy (non-hydrogen) atoms. The van der Waals surface area contributed by atoms with Gasteiger partial charge in [0.1, 0.15) is 11.6 Å². The molecule has 0 fully saturated rings. The van der Waals surface area contributed by atoms with E-state index in [9.17, 15) is 31.1 Å². The maximum absolute atomic E-state index is 12.1. The van der Waals surface area contributed by atoms with Crippen molar-refractivity contribution in [2.75, 3.05) is 19.8 Å². The van der Waals surface area contributed by atoms with Gasteiger partial charge in [0, 0.05) is 12.2 Å². The van der Waals surface area contributed by atoms with Crippen LogP contribution >= 0.6 is 11.6 Å². The molecule has 0 aliphatic heterocycles. The standard InChI is InChI=1S/C13H13ClF6N2O3/c1-7(4-24-5-12(15,16)17)22-10(23)8-2-9(14)11(21-3-8)25-6-13(18,19)20/h2-3,7H,4-6H2,1H3,(H,22,23). The van der Waals surface area contributed by atoms with Crippen LogP contribution in [-0.2, 0) is 4.74 Å². The molecule has 1 aromatic heterocycles. The number of ether oxygens (including phenoxy) is 2. The molecule has 1 unspecified atom stereocenters. The van der Waals surface area contributed by atoms with Crippen LogP contribution in [0.5, 0.6) is 5.88 Å². The summed E-state index contributed by atoms with van der Waals surface area (Å²) in [5.41, 5.74) is -0.105. The third-order valence-corrected chi connectivity index (χ3v) is 2.72. The van der Waals surface area contributed by atoms with Gasteiger partial charge in [-0.2, -0.15) is 26.3 Å². The number of carbonyl (C=O) groups is 1. The Morgan fingerprint density at radius 1 is 1.24 bits per heavy atom. The predicted octanol–water partition coefficient (Wildman–Crippen LogP) is 3.37.